The summed E-state index contributed by atoms with van der Waals surface area (Å²) in [5, 5.41) is 3.80. The van der Waals surface area contributed by atoms with Crippen LogP contribution in [0.5, 0.6) is 5.75 Å². The lowest BCUT2D eigenvalue weighted by atomic mass is 10.1. The first-order chi connectivity index (χ1) is 12.0. The molecule has 1 aliphatic rings. The minimum atomic E-state index is -0.597. The molecule has 1 aliphatic heterocycles. The Morgan fingerprint density at radius 1 is 1.40 bits per heavy atom. The Kier molecular flexibility index (Phi) is 3.48. The number of benzene rings is 1. The quantitative estimate of drug-likeness (QED) is 0.771. The van der Waals surface area contributed by atoms with Crippen LogP contribution in [0.4, 0.5) is 4.39 Å². The van der Waals surface area contributed by atoms with Crippen molar-refractivity contribution in [2.24, 2.45) is 0 Å². The highest BCUT2D eigenvalue weighted by atomic mass is 19.1. The van der Waals surface area contributed by atoms with E-state index in [1.165, 1.54) is 22.9 Å². The summed E-state index contributed by atoms with van der Waals surface area (Å²) < 4.78 is 25.5. The van der Waals surface area contributed by atoms with Gasteiger partial charge in [-0.1, -0.05) is 5.16 Å². The number of hydrogen-bond donors (Lipinski definition) is 1. The van der Waals surface area contributed by atoms with Crippen molar-refractivity contribution in [3.8, 4) is 17.1 Å². The molecule has 0 radical (unpaired) electrons. The van der Waals surface area contributed by atoms with Gasteiger partial charge in [0, 0.05) is 24.7 Å². The molecular formula is C16H13FN4O4. The minimum Gasteiger partial charge on any atom is -0.480 e. The number of halogens is 1. The summed E-state index contributed by atoms with van der Waals surface area (Å²) in [4.78, 5) is 30.0. The van der Waals surface area contributed by atoms with Gasteiger partial charge in [0.25, 0.3) is 11.4 Å². The zero-order chi connectivity index (χ0) is 17.6. The summed E-state index contributed by atoms with van der Waals surface area (Å²) in [5.74, 6) is 0.454. The normalized spacial score (nSPS) is 15.8. The van der Waals surface area contributed by atoms with E-state index in [1.807, 2.05) is 0 Å². The number of nitrogens with one attached hydrogen (secondary N) is 1. The van der Waals surface area contributed by atoms with E-state index in [1.54, 1.807) is 13.0 Å². The highest BCUT2D eigenvalue weighted by Gasteiger charge is 2.30. The summed E-state index contributed by atoms with van der Waals surface area (Å²) in [6, 6.07) is 4.26. The van der Waals surface area contributed by atoms with Crippen LogP contribution >= 0.6 is 0 Å². The number of hydrogen-bond acceptors (Lipinski definition) is 6. The smallest absolute Gasteiger partial charge is 0.328 e. The van der Waals surface area contributed by atoms with Gasteiger partial charge < -0.3 is 13.8 Å². The van der Waals surface area contributed by atoms with Crippen LogP contribution < -0.4 is 16.0 Å². The summed E-state index contributed by atoms with van der Waals surface area (Å²) >= 11 is 0. The number of H-pyrrole nitrogens is 1. The van der Waals surface area contributed by atoms with Crippen LogP contribution in [0.1, 0.15) is 24.5 Å². The van der Waals surface area contributed by atoms with Crippen molar-refractivity contribution in [1.29, 1.82) is 0 Å². The highest BCUT2D eigenvalue weighted by Crippen LogP contribution is 2.36. The van der Waals surface area contributed by atoms with Crippen LogP contribution in [0.15, 0.2) is 38.5 Å². The second-order valence-corrected chi connectivity index (χ2v) is 5.61. The molecule has 1 atom stereocenters. The molecule has 0 saturated carbocycles. The second kappa shape index (κ2) is 5.69. The van der Waals surface area contributed by atoms with E-state index < -0.39 is 17.4 Å². The maximum atomic E-state index is 13.3. The molecule has 1 unspecified atom stereocenters. The Morgan fingerprint density at radius 3 is 3.04 bits per heavy atom. The van der Waals surface area contributed by atoms with E-state index in [0.29, 0.717) is 24.3 Å². The number of nitrogens with zero attached hydrogens (tertiary/aromatic N) is 3. The van der Waals surface area contributed by atoms with Gasteiger partial charge in [-0.3, -0.25) is 9.78 Å². The Hall–Kier alpha value is -3.23. The van der Waals surface area contributed by atoms with Crippen molar-refractivity contribution in [3.63, 3.8) is 0 Å². The number of aromatic amines is 1. The number of ether oxygens (including phenoxy) is 1. The molecule has 0 amide bonds. The minimum absolute atomic E-state index is 0.0594. The van der Waals surface area contributed by atoms with E-state index in [0.717, 1.165) is 0 Å². The molecule has 1 aromatic carbocycles. The maximum absolute atomic E-state index is 13.3. The fraction of sp³-hybridized carbons (Fsp3) is 0.250. The molecule has 3 heterocycles. The maximum Gasteiger partial charge on any atom is 0.328 e. The van der Waals surface area contributed by atoms with Crippen molar-refractivity contribution in [2.45, 2.75) is 26.0 Å². The summed E-state index contributed by atoms with van der Waals surface area (Å²) in [6.45, 7) is 2.16. The van der Waals surface area contributed by atoms with Crippen LogP contribution in [0.2, 0.25) is 0 Å². The van der Waals surface area contributed by atoms with Gasteiger partial charge in [-0.15, -0.1) is 0 Å². The lowest BCUT2D eigenvalue weighted by Crippen LogP contribution is -2.30. The van der Waals surface area contributed by atoms with Gasteiger partial charge in [0.1, 0.15) is 17.1 Å². The summed E-state index contributed by atoms with van der Waals surface area (Å²) in [7, 11) is 0. The van der Waals surface area contributed by atoms with Crippen LogP contribution in [-0.2, 0) is 13.0 Å². The van der Waals surface area contributed by atoms with Gasteiger partial charge in [-0.05, 0) is 25.1 Å². The van der Waals surface area contributed by atoms with Gasteiger partial charge in [0.05, 0.1) is 0 Å². The fourth-order valence-corrected chi connectivity index (χ4v) is 2.73. The van der Waals surface area contributed by atoms with Crippen LogP contribution in [-0.4, -0.2) is 19.7 Å². The van der Waals surface area contributed by atoms with Gasteiger partial charge in [0.2, 0.25) is 5.82 Å². The molecular weight excluding hydrogens is 331 g/mol. The third-order valence-electron chi connectivity index (χ3n) is 4.01. The van der Waals surface area contributed by atoms with Gasteiger partial charge in [-0.2, -0.15) is 4.98 Å². The fourth-order valence-electron chi connectivity index (χ4n) is 2.73. The SMILES string of the molecule is CCn1cc(-c2noc(C3Cc4cc(F)ccc4O3)n2)c(=O)[nH]c1=O. The third-order valence-corrected chi connectivity index (χ3v) is 4.01. The van der Waals surface area contributed by atoms with Gasteiger partial charge in [-0.25, -0.2) is 9.18 Å². The van der Waals surface area contributed by atoms with Crippen molar-refractivity contribution >= 4 is 0 Å². The molecule has 0 saturated heterocycles. The first-order valence-electron chi connectivity index (χ1n) is 7.68. The first-order valence-corrected chi connectivity index (χ1v) is 7.68. The molecule has 0 bridgehead atoms. The van der Waals surface area contributed by atoms with Gasteiger partial charge in [0.15, 0.2) is 6.10 Å². The van der Waals surface area contributed by atoms with Crippen LogP contribution in [0.25, 0.3) is 11.4 Å². The molecule has 128 valence electrons. The van der Waals surface area contributed by atoms with Crippen molar-refractivity contribution in [3.05, 3.63) is 62.5 Å². The molecule has 1 N–H and O–H groups in total. The molecule has 25 heavy (non-hydrogen) atoms. The Morgan fingerprint density at radius 2 is 2.24 bits per heavy atom. The molecule has 4 rings (SSSR count). The summed E-state index contributed by atoms with van der Waals surface area (Å²) in [6.07, 6.45) is 1.23. The zero-order valence-electron chi connectivity index (χ0n) is 13.2. The van der Waals surface area contributed by atoms with E-state index >= 15 is 0 Å². The highest BCUT2D eigenvalue weighted by molar-refractivity contribution is 5.51. The number of rotatable bonds is 3. The van der Waals surface area contributed by atoms with Crippen molar-refractivity contribution < 1.29 is 13.7 Å². The average Bonchev–Trinajstić information content (AvgIpc) is 3.21. The Bertz CT molecular complexity index is 1070. The molecule has 0 aliphatic carbocycles. The van der Waals surface area contributed by atoms with E-state index in [4.69, 9.17) is 9.26 Å². The van der Waals surface area contributed by atoms with Gasteiger partial charge >= 0.3 is 5.69 Å². The molecule has 0 fully saturated rings. The lowest BCUT2D eigenvalue weighted by Gasteiger charge is -2.04. The number of fused-ring (bicyclic) bond motifs is 1. The standard InChI is InChI=1S/C16H13FN4O4/c1-2-21-7-10(14(22)19-16(21)23)13-18-15(25-20-13)12-6-8-5-9(17)3-4-11(8)24-12/h3-5,7,12H,2,6H2,1H3,(H,19,22,23). The van der Waals surface area contributed by atoms with Crippen molar-refractivity contribution in [1.82, 2.24) is 19.7 Å². The molecule has 8 nitrogen and oxygen atoms in total. The molecule has 2 aromatic heterocycles. The lowest BCUT2D eigenvalue weighted by molar-refractivity contribution is 0.183. The average molecular weight is 344 g/mol. The predicted molar refractivity (Wildman–Crippen MR) is 83.8 cm³/mol. The Balaban J connectivity index is 1.66. The molecule has 9 heteroatoms. The number of aromatic nitrogens is 4. The van der Waals surface area contributed by atoms with Crippen LogP contribution in [0, 0.1) is 5.82 Å². The predicted octanol–water partition coefficient (Wildman–Crippen LogP) is 1.42. The number of aryl methyl sites for hydroxylation is 1. The van der Waals surface area contributed by atoms with Crippen LogP contribution in [0.3, 0.4) is 0 Å². The van der Waals surface area contributed by atoms with E-state index in [9.17, 15) is 14.0 Å². The van der Waals surface area contributed by atoms with E-state index in [-0.39, 0.29) is 23.1 Å². The largest absolute Gasteiger partial charge is 0.480 e. The third kappa shape index (κ3) is 2.63. The monoisotopic (exact) mass is 344 g/mol. The van der Waals surface area contributed by atoms with Crippen molar-refractivity contribution in [2.75, 3.05) is 0 Å². The first kappa shape index (κ1) is 15.3. The molecule has 0 spiro atoms. The summed E-state index contributed by atoms with van der Waals surface area (Å²) in [5.41, 5.74) is -0.267. The zero-order valence-corrected chi connectivity index (χ0v) is 13.2. The Labute approximate surface area is 139 Å². The second-order valence-electron chi connectivity index (χ2n) is 5.61. The molecule has 3 aromatic rings. The topological polar surface area (TPSA) is 103 Å². The van der Waals surface area contributed by atoms with E-state index in [2.05, 4.69) is 15.1 Å².